The van der Waals surface area contributed by atoms with Crippen molar-refractivity contribution < 1.29 is 9.53 Å². The van der Waals surface area contributed by atoms with Crippen LogP contribution in [0.1, 0.15) is 29.6 Å². The molecule has 0 unspecified atom stereocenters. The van der Waals surface area contributed by atoms with Crippen LogP contribution in [0.15, 0.2) is 30.6 Å². The van der Waals surface area contributed by atoms with Crippen LogP contribution in [-0.4, -0.2) is 36.1 Å². The van der Waals surface area contributed by atoms with Crippen LogP contribution in [0.4, 0.5) is 5.82 Å². The highest BCUT2D eigenvalue weighted by Gasteiger charge is 2.21. The van der Waals surface area contributed by atoms with E-state index in [-0.39, 0.29) is 0 Å². The Kier molecular flexibility index (Phi) is 4.17. The Morgan fingerprint density at radius 1 is 1.16 bits per heavy atom. The van der Waals surface area contributed by atoms with Crippen LogP contribution >= 0.6 is 11.6 Å². The zero-order valence-electron chi connectivity index (χ0n) is 14.0. The summed E-state index contributed by atoms with van der Waals surface area (Å²) in [5, 5.41) is 3.11. The number of carbonyl (C=O) groups excluding carboxylic acids is 1. The van der Waals surface area contributed by atoms with E-state index in [2.05, 4.69) is 9.88 Å². The van der Waals surface area contributed by atoms with E-state index < -0.39 is 5.97 Å². The van der Waals surface area contributed by atoms with Gasteiger partial charge >= 0.3 is 5.97 Å². The van der Waals surface area contributed by atoms with Crippen molar-refractivity contribution in [3.05, 3.63) is 41.2 Å². The molecule has 0 amide bonds. The molecule has 1 aliphatic rings. The largest absolute Gasteiger partial charge is 0.465 e. The fourth-order valence-corrected chi connectivity index (χ4v) is 3.68. The van der Waals surface area contributed by atoms with E-state index in [0.717, 1.165) is 53.4 Å². The van der Waals surface area contributed by atoms with Gasteiger partial charge in [0.2, 0.25) is 0 Å². The second-order valence-corrected chi connectivity index (χ2v) is 6.68. The van der Waals surface area contributed by atoms with Gasteiger partial charge in [-0.3, -0.25) is 4.98 Å². The highest BCUT2D eigenvalue weighted by atomic mass is 35.5. The van der Waals surface area contributed by atoms with Gasteiger partial charge in [-0.1, -0.05) is 11.6 Å². The van der Waals surface area contributed by atoms with Gasteiger partial charge in [0.15, 0.2) is 0 Å². The zero-order valence-corrected chi connectivity index (χ0v) is 14.7. The lowest BCUT2D eigenvalue weighted by Crippen LogP contribution is -2.30. The second kappa shape index (κ2) is 6.48. The molecule has 1 saturated heterocycles. The number of pyridine rings is 2. The van der Waals surface area contributed by atoms with Gasteiger partial charge < -0.3 is 9.64 Å². The van der Waals surface area contributed by atoms with Crippen LogP contribution in [0.2, 0.25) is 5.02 Å². The van der Waals surface area contributed by atoms with Gasteiger partial charge in [-0.25, -0.2) is 9.78 Å². The average Bonchev–Trinajstić information content (AvgIpc) is 2.67. The Labute approximate surface area is 150 Å². The number of aromatic nitrogens is 2. The van der Waals surface area contributed by atoms with Crippen molar-refractivity contribution in [1.29, 1.82) is 0 Å². The number of halogens is 1. The molecule has 0 N–H and O–H groups in total. The average molecular weight is 356 g/mol. The van der Waals surface area contributed by atoms with E-state index >= 15 is 0 Å². The number of anilines is 1. The number of benzene rings is 1. The Morgan fingerprint density at radius 2 is 1.96 bits per heavy atom. The number of nitrogens with zero attached hydrogens (tertiary/aromatic N) is 3. The van der Waals surface area contributed by atoms with Crippen molar-refractivity contribution in [2.24, 2.45) is 0 Å². The predicted octanol–water partition coefficient (Wildman–Crippen LogP) is 4.21. The fraction of sp³-hybridized carbons (Fsp3) is 0.316. The van der Waals surface area contributed by atoms with Crippen molar-refractivity contribution in [3.8, 4) is 0 Å². The van der Waals surface area contributed by atoms with E-state index in [1.165, 1.54) is 13.5 Å². The van der Waals surface area contributed by atoms with E-state index in [0.29, 0.717) is 10.6 Å². The summed E-state index contributed by atoms with van der Waals surface area (Å²) >= 11 is 6.20. The number of rotatable bonds is 2. The summed E-state index contributed by atoms with van der Waals surface area (Å²) in [5.41, 5.74) is 1.25. The van der Waals surface area contributed by atoms with E-state index in [1.54, 1.807) is 12.4 Å². The smallest absolute Gasteiger partial charge is 0.340 e. The normalized spacial score (nSPS) is 14.9. The van der Waals surface area contributed by atoms with Gasteiger partial charge in [-0.2, -0.15) is 0 Å². The summed E-state index contributed by atoms with van der Waals surface area (Å²) in [6.07, 6.45) is 6.86. The van der Waals surface area contributed by atoms with Crippen LogP contribution in [0.25, 0.3) is 21.7 Å². The molecule has 128 valence electrons. The number of hydrogen-bond donors (Lipinski definition) is 0. The standard InChI is InChI=1S/C19H18ClN3O2/c1-25-19(24)15-11-21-10-14-17(15)13-9-12(20)5-6-16(13)22-18(14)23-7-3-2-4-8-23/h5-6,9-11H,2-4,7-8H2,1H3. The number of methoxy groups -OCH3 is 1. The molecule has 6 heteroatoms. The van der Waals surface area contributed by atoms with Crippen molar-refractivity contribution in [2.75, 3.05) is 25.1 Å². The first-order chi connectivity index (χ1) is 12.2. The fourth-order valence-electron chi connectivity index (χ4n) is 3.51. The molecular weight excluding hydrogens is 338 g/mol. The lowest BCUT2D eigenvalue weighted by atomic mass is 10.0. The molecular formula is C19H18ClN3O2. The molecule has 3 aromatic rings. The minimum absolute atomic E-state index is 0.407. The minimum atomic E-state index is -0.407. The van der Waals surface area contributed by atoms with Crippen molar-refractivity contribution in [3.63, 3.8) is 0 Å². The quantitative estimate of drug-likeness (QED) is 0.509. The number of esters is 1. The molecule has 0 bridgehead atoms. The molecule has 1 fully saturated rings. The highest BCUT2D eigenvalue weighted by Crippen LogP contribution is 2.35. The minimum Gasteiger partial charge on any atom is -0.465 e. The number of fused-ring (bicyclic) bond motifs is 3. The maximum Gasteiger partial charge on any atom is 0.340 e. The molecule has 4 rings (SSSR count). The van der Waals surface area contributed by atoms with E-state index in [4.69, 9.17) is 21.3 Å². The van der Waals surface area contributed by atoms with E-state index in [1.807, 2.05) is 18.2 Å². The van der Waals surface area contributed by atoms with Gasteiger partial charge in [0, 0.05) is 46.7 Å². The first-order valence-electron chi connectivity index (χ1n) is 8.39. The number of ether oxygens (including phenoxy) is 1. The summed E-state index contributed by atoms with van der Waals surface area (Å²) in [5.74, 6) is 0.470. The Balaban J connectivity index is 2.09. The third-order valence-corrected chi connectivity index (χ3v) is 4.94. The van der Waals surface area contributed by atoms with Crippen molar-refractivity contribution in [1.82, 2.24) is 9.97 Å². The molecule has 0 spiro atoms. The molecule has 5 nitrogen and oxygen atoms in total. The van der Waals surface area contributed by atoms with Crippen LogP contribution in [0.3, 0.4) is 0 Å². The molecule has 1 aliphatic heterocycles. The molecule has 0 saturated carbocycles. The highest BCUT2D eigenvalue weighted by molar-refractivity contribution is 6.32. The lowest BCUT2D eigenvalue weighted by molar-refractivity contribution is 0.0602. The second-order valence-electron chi connectivity index (χ2n) is 6.25. The summed E-state index contributed by atoms with van der Waals surface area (Å²) in [6.45, 7) is 1.92. The summed E-state index contributed by atoms with van der Waals surface area (Å²) < 4.78 is 4.96. The van der Waals surface area contributed by atoms with Crippen LogP contribution in [0, 0.1) is 0 Å². The van der Waals surface area contributed by atoms with Crippen LogP contribution in [0.5, 0.6) is 0 Å². The van der Waals surface area contributed by atoms with Crippen molar-refractivity contribution in [2.45, 2.75) is 19.3 Å². The third kappa shape index (κ3) is 2.78. The maximum atomic E-state index is 12.3. The maximum absolute atomic E-state index is 12.3. The van der Waals surface area contributed by atoms with Crippen LogP contribution < -0.4 is 4.90 Å². The molecule has 0 aliphatic carbocycles. The molecule has 3 heterocycles. The SMILES string of the molecule is COC(=O)c1cncc2c(N3CCCCC3)nc3ccc(Cl)cc3c12. The first-order valence-corrected chi connectivity index (χ1v) is 8.77. The monoisotopic (exact) mass is 355 g/mol. The number of piperidine rings is 1. The summed E-state index contributed by atoms with van der Waals surface area (Å²) in [4.78, 5) is 23.7. The third-order valence-electron chi connectivity index (χ3n) is 4.70. The van der Waals surface area contributed by atoms with Crippen molar-refractivity contribution >= 4 is 45.1 Å². The van der Waals surface area contributed by atoms with Crippen LogP contribution in [-0.2, 0) is 4.74 Å². The molecule has 0 atom stereocenters. The lowest BCUT2D eigenvalue weighted by Gasteiger charge is -2.29. The molecule has 1 aromatic carbocycles. The van der Waals surface area contributed by atoms with E-state index in [9.17, 15) is 4.79 Å². The van der Waals surface area contributed by atoms with Gasteiger partial charge in [-0.15, -0.1) is 0 Å². The van der Waals surface area contributed by atoms with Gasteiger partial charge in [-0.05, 0) is 37.5 Å². The topological polar surface area (TPSA) is 55.3 Å². The number of hydrogen-bond acceptors (Lipinski definition) is 5. The number of carbonyl (C=O) groups is 1. The molecule has 0 radical (unpaired) electrons. The summed E-state index contributed by atoms with van der Waals surface area (Å²) in [6, 6.07) is 5.56. The summed E-state index contributed by atoms with van der Waals surface area (Å²) in [7, 11) is 1.38. The van der Waals surface area contributed by atoms with Gasteiger partial charge in [0.1, 0.15) is 5.82 Å². The zero-order chi connectivity index (χ0) is 17.4. The Hall–Kier alpha value is -2.40. The molecule has 25 heavy (non-hydrogen) atoms. The van der Waals surface area contributed by atoms with Gasteiger partial charge in [0.25, 0.3) is 0 Å². The Morgan fingerprint density at radius 3 is 2.72 bits per heavy atom. The first kappa shape index (κ1) is 16.1. The molecule has 2 aromatic heterocycles. The van der Waals surface area contributed by atoms with Gasteiger partial charge in [0.05, 0.1) is 18.2 Å². The predicted molar refractivity (Wildman–Crippen MR) is 99.5 cm³/mol. The Bertz CT molecular complexity index is 968.